The van der Waals surface area contributed by atoms with E-state index in [2.05, 4.69) is 4.90 Å². The number of thiophene rings is 1. The summed E-state index contributed by atoms with van der Waals surface area (Å²) in [7, 11) is 3.99. The SMILES string of the molecule is CN(C)CCCOC(=O)c1ccc2c(c1)=c1sc3c(c1C=CC=2)OC=C(O)C=3. The molecule has 0 saturated heterocycles. The van der Waals surface area contributed by atoms with Crippen LogP contribution in [-0.4, -0.2) is 43.2 Å². The smallest absolute Gasteiger partial charge is 0.338 e. The largest absolute Gasteiger partial charge is 0.505 e. The first-order valence-corrected chi connectivity index (χ1v) is 9.89. The number of benzene rings is 1. The van der Waals surface area contributed by atoms with Gasteiger partial charge in [-0.2, -0.15) is 0 Å². The van der Waals surface area contributed by atoms with Crippen LogP contribution in [-0.2, 0) is 4.74 Å². The molecule has 144 valence electrons. The number of ether oxygens (including phenoxy) is 2. The zero-order valence-electron chi connectivity index (χ0n) is 15.8. The molecule has 0 radical (unpaired) electrons. The van der Waals surface area contributed by atoms with Crippen molar-refractivity contribution in [2.75, 3.05) is 27.2 Å². The van der Waals surface area contributed by atoms with E-state index >= 15 is 0 Å². The molecule has 1 aliphatic carbocycles. The Bertz CT molecular complexity index is 1200. The van der Waals surface area contributed by atoms with Crippen molar-refractivity contribution in [3.8, 4) is 5.75 Å². The molecule has 5 nitrogen and oxygen atoms in total. The third kappa shape index (κ3) is 3.61. The minimum atomic E-state index is -0.316. The van der Waals surface area contributed by atoms with Crippen LogP contribution in [0.25, 0.3) is 18.2 Å². The molecule has 1 aromatic heterocycles. The van der Waals surface area contributed by atoms with E-state index in [0.717, 1.165) is 43.8 Å². The van der Waals surface area contributed by atoms with E-state index in [1.54, 1.807) is 12.1 Å². The first-order valence-electron chi connectivity index (χ1n) is 9.08. The highest BCUT2D eigenvalue weighted by molar-refractivity contribution is 7.08. The summed E-state index contributed by atoms with van der Waals surface area (Å²) in [5, 5.41) is 11.7. The van der Waals surface area contributed by atoms with Crippen molar-refractivity contribution < 1.29 is 19.4 Å². The third-order valence-electron chi connectivity index (χ3n) is 4.56. The van der Waals surface area contributed by atoms with E-state index < -0.39 is 0 Å². The van der Waals surface area contributed by atoms with Gasteiger partial charge in [0, 0.05) is 27.9 Å². The Morgan fingerprint density at radius 1 is 1.32 bits per heavy atom. The van der Waals surface area contributed by atoms with Gasteiger partial charge in [-0.3, -0.25) is 0 Å². The lowest BCUT2D eigenvalue weighted by molar-refractivity contribution is 0.0493. The summed E-state index contributed by atoms with van der Waals surface area (Å²) in [6, 6.07) is 5.61. The molecule has 0 saturated carbocycles. The maximum atomic E-state index is 12.5. The molecule has 0 bridgehead atoms. The second-order valence-electron chi connectivity index (χ2n) is 6.96. The normalized spacial score (nSPS) is 13.9. The van der Waals surface area contributed by atoms with Gasteiger partial charge in [-0.15, -0.1) is 11.3 Å². The molecule has 1 N–H and O–H groups in total. The maximum Gasteiger partial charge on any atom is 0.338 e. The zero-order chi connectivity index (χ0) is 19.7. The van der Waals surface area contributed by atoms with Crippen molar-refractivity contribution in [3.05, 3.63) is 66.9 Å². The highest BCUT2D eigenvalue weighted by Crippen LogP contribution is 2.26. The molecule has 0 fully saturated rings. The molecule has 0 atom stereocenters. The number of carbonyl (C=O) groups is 1. The molecule has 4 rings (SSSR count). The fourth-order valence-corrected chi connectivity index (χ4v) is 4.41. The van der Waals surface area contributed by atoms with E-state index in [1.807, 2.05) is 44.5 Å². The minimum Gasteiger partial charge on any atom is -0.505 e. The quantitative estimate of drug-likeness (QED) is 0.623. The van der Waals surface area contributed by atoms with Crippen molar-refractivity contribution >= 4 is 35.5 Å². The van der Waals surface area contributed by atoms with Gasteiger partial charge in [0.1, 0.15) is 6.26 Å². The fraction of sp³-hybridized carbons (Fsp3) is 0.227. The maximum absolute atomic E-state index is 12.5. The zero-order valence-corrected chi connectivity index (χ0v) is 16.6. The van der Waals surface area contributed by atoms with Crippen LogP contribution >= 0.6 is 11.3 Å². The third-order valence-corrected chi connectivity index (χ3v) is 5.72. The lowest BCUT2D eigenvalue weighted by Gasteiger charge is -2.09. The summed E-state index contributed by atoms with van der Waals surface area (Å²) < 4.78 is 12.9. The van der Waals surface area contributed by atoms with Crippen LogP contribution in [0.2, 0.25) is 0 Å². The number of nitrogens with zero attached hydrogens (tertiary/aromatic N) is 1. The molecular weight excluding hydrogens is 374 g/mol. The summed E-state index contributed by atoms with van der Waals surface area (Å²) in [6.07, 6.45) is 9.80. The van der Waals surface area contributed by atoms with Crippen molar-refractivity contribution in [1.29, 1.82) is 0 Å². The molecule has 1 aliphatic heterocycles. The van der Waals surface area contributed by atoms with Gasteiger partial charge in [0.2, 0.25) is 0 Å². The molecule has 0 amide bonds. The highest BCUT2D eigenvalue weighted by Gasteiger charge is 2.15. The fourth-order valence-electron chi connectivity index (χ4n) is 3.20. The Morgan fingerprint density at radius 3 is 3.00 bits per heavy atom. The van der Waals surface area contributed by atoms with Crippen LogP contribution in [0.5, 0.6) is 5.75 Å². The number of esters is 1. The molecule has 1 aromatic carbocycles. The Morgan fingerprint density at radius 2 is 2.18 bits per heavy atom. The van der Waals surface area contributed by atoms with E-state index in [1.165, 1.54) is 17.6 Å². The van der Waals surface area contributed by atoms with Crippen molar-refractivity contribution in [3.63, 3.8) is 0 Å². The molecular formula is C22H21NO4S. The molecule has 28 heavy (non-hydrogen) atoms. The van der Waals surface area contributed by atoms with Crippen LogP contribution in [0.1, 0.15) is 22.3 Å². The van der Waals surface area contributed by atoms with E-state index in [0.29, 0.717) is 12.2 Å². The number of aliphatic hydroxyl groups is 1. The van der Waals surface area contributed by atoms with Gasteiger partial charge >= 0.3 is 5.97 Å². The first kappa shape index (κ1) is 18.5. The number of aliphatic hydroxyl groups excluding tert-OH is 1. The van der Waals surface area contributed by atoms with Crippen LogP contribution in [0.15, 0.2) is 36.3 Å². The predicted octanol–water partition coefficient (Wildman–Crippen LogP) is 2.52. The molecule has 2 aromatic rings. The Labute approximate surface area is 166 Å². The van der Waals surface area contributed by atoms with Crippen LogP contribution in [0.4, 0.5) is 0 Å². The second-order valence-corrected chi connectivity index (χ2v) is 8.02. The molecule has 2 aliphatic rings. The van der Waals surface area contributed by atoms with Crippen molar-refractivity contribution in [2.24, 2.45) is 0 Å². The average molecular weight is 395 g/mol. The topological polar surface area (TPSA) is 59.0 Å². The summed E-state index contributed by atoms with van der Waals surface area (Å²) in [6.45, 7) is 1.27. The Kier molecular flexibility index (Phi) is 5.07. The highest BCUT2D eigenvalue weighted by atomic mass is 32.1. The number of rotatable bonds is 5. The summed E-state index contributed by atoms with van der Waals surface area (Å²) in [5.74, 6) is 0.505. The molecule has 0 spiro atoms. The number of fused-ring (bicyclic) bond motifs is 4. The van der Waals surface area contributed by atoms with E-state index in [4.69, 9.17) is 9.47 Å². The van der Waals surface area contributed by atoms with Gasteiger partial charge in [0.15, 0.2) is 11.5 Å². The number of hydrogen-bond donors (Lipinski definition) is 1. The van der Waals surface area contributed by atoms with Crippen LogP contribution < -0.4 is 14.5 Å². The molecule has 2 heterocycles. The lowest BCUT2D eigenvalue weighted by Crippen LogP contribution is -2.16. The lowest BCUT2D eigenvalue weighted by atomic mass is 10.1. The average Bonchev–Trinajstić information content (AvgIpc) is 2.92. The summed E-state index contributed by atoms with van der Waals surface area (Å²) in [4.78, 5) is 14.5. The summed E-state index contributed by atoms with van der Waals surface area (Å²) in [5.41, 5.74) is 1.48. The van der Waals surface area contributed by atoms with Crippen LogP contribution in [0.3, 0.4) is 0 Å². The standard InChI is InChI=1S/C22H21NO4S/c1-23(2)9-4-10-26-22(25)15-8-7-14-5-3-6-17-20-19(12-16(24)13-27-20)28-21(17)18(14)11-15/h3,5-8,11-13,24H,4,9-10H2,1-2H3. The van der Waals surface area contributed by atoms with Crippen molar-refractivity contribution in [2.45, 2.75) is 6.42 Å². The van der Waals surface area contributed by atoms with E-state index in [-0.39, 0.29) is 11.7 Å². The van der Waals surface area contributed by atoms with Gasteiger partial charge in [-0.25, -0.2) is 4.79 Å². The second kappa shape index (κ2) is 7.66. The molecule has 6 heteroatoms. The first-order chi connectivity index (χ1) is 13.5. The number of hydrogen-bond acceptors (Lipinski definition) is 6. The monoisotopic (exact) mass is 395 g/mol. The number of allylic oxidation sites excluding steroid dienone is 2. The summed E-state index contributed by atoms with van der Waals surface area (Å²) >= 11 is 1.53. The van der Waals surface area contributed by atoms with Crippen molar-refractivity contribution in [1.82, 2.24) is 4.90 Å². The van der Waals surface area contributed by atoms with Crippen LogP contribution in [0, 0.1) is 9.75 Å². The predicted molar refractivity (Wildman–Crippen MR) is 110 cm³/mol. The Balaban J connectivity index is 1.76. The van der Waals surface area contributed by atoms with Gasteiger partial charge in [-0.05, 0) is 43.9 Å². The van der Waals surface area contributed by atoms with Gasteiger partial charge in [0.25, 0.3) is 0 Å². The Hall–Kier alpha value is -2.83. The van der Waals surface area contributed by atoms with Gasteiger partial charge in [-0.1, -0.05) is 18.2 Å². The van der Waals surface area contributed by atoms with E-state index in [9.17, 15) is 9.90 Å². The molecule has 0 unspecified atom stereocenters. The minimum absolute atomic E-state index is 0.0923. The van der Waals surface area contributed by atoms with Gasteiger partial charge < -0.3 is 19.5 Å². The number of carbonyl (C=O) groups excluding carboxylic acids is 1. The van der Waals surface area contributed by atoms with Gasteiger partial charge in [0.05, 0.1) is 16.7 Å².